The van der Waals surface area contributed by atoms with Crippen molar-refractivity contribution >= 4 is 0 Å². The minimum atomic E-state index is -0.436. The molecule has 3 rings (SSSR count). The summed E-state index contributed by atoms with van der Waals surface area (Å²) in [7, 11) is 0. The van der Waals surface area contributed by atoms with E-state index >= 15 is 0 Å². The Labute approximate surface area is 113 Å². The minimum Gasteiger partial charge on any atom is -0.388 e. The lowest BCUT2D eigenvalue weighted by Crippen LogP contribution is -2.07. The largest absolute Gasteiger partial charge is 0.388 e. The third-order valence-electron chi connectivity index (χ3n) is 4.01. The molecular weight excluding hydrogens is 236 g/mol. The van der Waals surface area contributed by atoms with E-state index in [1.807, 2.05) is 10.9 Å². The first kappa shape index (κ1) is 12.4. The van der Waals surface area contributed by atoms with Gasteiger partial charge in [-0.15, -0.1) is 0 Å². The van der Waals surface area contributed by atoms with Crippen molar-refractivity contribution in [1.82, 2.24) is 9.78 Å². The van der Waals surface area contributed by atoms with Crippen LogP contribution in [0.15, 0.2) is 36.7 Å². The van der Waals surface area contributed by atoms with Crippen LogP contribution in [0.25, 0.3) is 0 Å². The fourth-order valence-corrected chi connectivity index (χ4v) is 3.03. The number of aliphatic hydroxyl groups excluding tert-OH is 1. The van der Waals surface area contributed by atoms with Gasteiger partial charge in [-0.3, -0.25) is 4.68 Å². The van der Waals surface area contributed by atoms with Gasteiger partial charge in [-0.1, -0.05) is 31.2 Å². The third kappa shape index (κ3) is 2.30. The zero-order chi connectivity index (χ0) is 13.2. The van der Waals surface area contributed by atoms with Crippen LogP contribution < -0.4 is 0 Å². The van der Waals surface area contributed by atoms with Crippen LogP contribution in [0.1, 0.15) is 48.5 Å². The molecule has 19 heavy (non-hydrogen) atoms. The molecule has 2 unspecified atom stereocenters. The number of rotatable bonds is 4. The normalized spacial score (nSPS) is 19.4. The highest BCUT2D eigenvalue weighted by Gasteiger charge is 2.29. The van der Waals surface area contributed by atoms with E-state index in [-0.39, 0.29) is 5.92 Å². The van der Waals surface area contributed by atoms with Crippen LogP contribution in [0.3, 0.4) is 0 Å². The topological polar surface area (TPSA) is 38.0 Å². The van der Waals surface area contributed by atoms with E-state index in [0.717, 1.165) is 31.4 Å². The van der Waals surface area contributed by atoms with Crippen molar-refractivity contribution < 1.29 is 5.11 Å². The molecule has 0 radical (unpaired) electrons. The number of benzene rings is 1. The summed E-state index contributed by atoms with van der Waals surface area (Å²) in [5.74, 6) is 0.218. The van der Waals surface area contributed by atoms with Gasteiger partial charge in [0.15, 0.2) is 0 Å². The van der Waals surface area contributed by atoms with Gasteiger partial charge in [0.25, 0.3) is 0 Å². The molecule has 0 fully saturated rings. The summed E-state index contributed by atoms with van der Waals surface area (Å²) in [6.45, 7) is 3.04. The molecule has 1 N–H and O–H groups in total. The van der Waals surface area contributed by atoms with E-state index in [2.05, 4.69) is 36.3 Å². The highest BCUT2D eigenvalue weighted by atomic mass is 16.3. The summed E-state index contributed by atoms with van der Waals surface area (Å²) < 4.78 is 1.92. The second-order valence-corrected chi connectivity index (χ2v) is 5.33. The molecule has 3 heteroatoms. The van der Waals surface area contributed by atoms with Crippen LogP contribution in [0, 0.1) is 0 Å². The number of hydrogen-bond donors (Lipinski definition) is 1. The maximum atomic E-state index is 10.6. The van der Waals surface area contributed by atoms with Gasteiger partial charge in [0.2, 0.25) is 0 Å². The molecule has 2 aromatic rings. The van der Waals surface area contributed by atoms with Gasteiger partial charge in [-0.25, -0.2) is 0 Å². The predicted octanol–water partition coefficient (Wildman–Crippen LogP) is 3.06. The monoisotopic (exact) mass is 256 g/mol. The maximum Gasteiger partial charge on any atom is 0.0889 e. The van der Waals surface area contributed by atoms with E-state index in [1.165, 1.54) is 11.1 Å². The van der Waals surface area contributed by atoms with Crippen LogP contribution in [0.5, 0.6) is 0 Å². The number of fused-ring (bicyclic) bond motifs is 1. The quantitative estimate of drug-likeness (QED) is 0.913. The van der Waals surface area contributed by atoms with Gasteiger partial charge in [-0.2, -0.15) is 5.10 Å². The Morgan fingerprint density at radius 1 is 1.42 bits per heavy atom. The van der Waals surface area contributed by atoms with E-state index in [4.69, 9.17) is 0 Å². The molecule has 0 saturated carbocycles. The molecule has 0 saturated heterocycles. The lowest BCUT2D eigenvalue weighted by atomic mass is 9.92. The first-order valence-corrected chi connectivity index (χ1v) is 7.08. The Bertz CT molecular complexity index is 561. The molecule has 1 aliphatic rings. The average molecular weight is 256 g/mol. The van der Waals surface area contributed by atoms with Gasteiger partial charge in [-0.05, 0) is 30.4 Å². The average Bonchev–Trinajstić information content (AvgIpc) is 3.05. The van der Waals surface area contributed by atoms with Crippen molar-refractivity contribution in [1.29, 1.82) is 0 Å². The van der Waals surface area contributed by atoms with Gasteiger partial charge in [0.1, 0.15) is 0 Å². The van der Waals surface area contributed by atoms with E-state index in [1.54, 1.807) is 6.20 Å². The molecule has 0 bridgehead atoms. The summed E-state index contributed by atoms with van der Waals surface area (Å²) in [5.41, 5.74) is 3.63. The van der Waals surface area contributed by atoms with Gasteiger partial charge < -0.3 is 5.11 Å². The number of aryl methyl sites for hydroxylation is 2. The summed E-state index contributed by atoms with van der Waals surface area (Å²) in [6.07, 6.45) is 6.51. The first-order valence-electron chi connectivity index (χ1n) is 7.08. The van der Waals surface area contributed by atoms with Crippen LogP contribution >= 0.6 is 0 Å². The number of nitrogens with zero attached hydrogens (tertiary/aromatic N) is 2. The van der Waals surface area contributed by atoms with Crippen molar-refractivity contribution in [3.8, 4) is 0 Å². The zero-order valence-electron chi connectivity index (χ0n) is 11.3. The Hall–Kier alpha value is -1.61. The van der Waals surface area contributed by atoms with Crippen molar-refractivity contribution in [3.63, 3.8) is 0 Å². The standard InChI is InChI=1S/C16H20N2O/c1-2-9-18-11-13(10-17-18)16(19)15-8-7-12-5-3-4-6-14(12)15/h3-6,10-11,15-16,19H,2,7-9H2,1H3. The molecule has 1 aliphatic carbocycles. The Kier molecular flexibility index (Phi) is 3.38. The van der Waals surface area contributed by atoms with Crippen molar-refractivity contribution in [2.45, 2.75) is 44.8 Å². The third-order valence-corrected chi connectivity index (χ3v) is 4.01. The Morgan fingerprint density at radius 3 is 3.11 bits per heavy atom. The molecule has 0 amide bonds. The van der Waals surface area contributed by atoms with Gasteiger partial charge in [0.05, 0.1) is 12.3 Å². The predicted molar refractivity (Wildman–Crippen MR) is 75.0 cm³/mol. The summed E-state index contributed by atoms with van der Waals surface area (Å²) >= 11 is 0. The highest BCUT2D eigenvalue weighted by Crippen LogP contribution is 2.41. The number of hydrogen-bond acceptors (Lipinski definition) is 2. The summed E-state index contributed by atoms with van der Waals surface area (Å²) in [4.78, 5) is 0. The second-order valence-electron chi connectivity index (χ2n) is 5.33. The molecule has 1 heterocycles. The Morgan fingerprint density at radius 2 is 2.26 bits per heavy atom. The Balaban J connectivity index is 1.82. The summed E-state index contributed by atoms with van der Waals surface area (Å²) in [5, 5.41) is 14.9. The van der Waals surface area contributed by atoms with Crippen molar-refractivity contribution in [2.75, 3.05) is 0 Å². The highest BCUT2D eigenvalue weighted by molar-refractivity contribution is 5.37. The van der Waals surface area contributed by atoms with Gasteiger partial charge >= 0.3 is 0 Å². The van der Waals surface area contributed by atoms with E-state index in [9.17, 15) is 5.11 Å². The zero-order valence-corrected chi connectivity index (χ0v) is 11.3. The molecular formula is C16H20N2O. The SMILES string of the molecule is CCCn1cc(C(O)C2CCc3ccccc32)cn1. The van der Waals surface area contributed by atoms with E-state index < -0.39 is 6.10 Å². The van der Waals surface area contributed by atoms with Crippen molar-refractivity contribution in [2.24, 2.45) is 0 Å². The fraction of sp³-hybridized carbons (Fsp3) is 0.438. The molecule has 1 aromatic carbocycles. The minimum absolute atomic E-state index is 0.218. The lowest BCUT2D eigenvalue weighted by Gasteiger charge is -2.17. The van der Waals surface area contributed by atoms with Crippen LogP contribution in [-0.2, 0) is 13.0 Å². The molecule has 1 aromatic heterocycles. The molecule has 0 aliphatic heterocycles. The molecule has 2 atom stereocenters. The van der Waals surface area contributed by atoms with Crippen LogP contribution in [0.4, 0.5) is 0 Å². The number of aliphatic hydroxyl groups is 1. The van der Waals surface area contributed by atoms with E-state index in [0.29, 0.717) is 0 Å². The smallest absolute Gasteiger partial charge is 0.0889 e. The molecule has 100 valence electrons. The van der Waals surface area contributed by atoms with Crippen LogP contribution in [-0.4, -0.2) is 14.9 Å². The van der Waals surface area contributed by atoms with Crippen LogP contribution in [0.2, 0.25) is 0 Å². The lowest BCUT2D eigenvalue weighted by molar-refractivity contribution is 0.144. The first-order chi connectivity index (χ1) is 9.29. The molecule has 3 nitrogen and oxygen atoms in total. The second kappa shape index (κ2) is 5.17. The fourth-order valence-electron chi connectivity index (χ4n) is 3.03. The number of aromatic nitrogens is 2. The summed E-state index contributed by atoms with van der Waals surface area (Å²) in [6, 6.07) is 8.45. The van der Waals surface area contributed by atoms with Gasteiger partial charge in [0, 0.05) is 24.2 Å². The van der Waals surface area contributed by atoms with Crippen molar-refractivity contribution in [3.05, 3.63) is 53.3 Å². The molecule has 0 spiro atoms. The maximum absolute atomic E-state index is 10.6.